The van der Waals surface area contributed by atoms with Gasteiger partial charge in [-0.05, 0) is 37.7 Å². The molecule has 2 heterocycles. The van der Waals surface area contributed by atoms with Crippen LogP contribution in [0.15, 0.2) is 48.8 Å². The van der Waals surface area contributed by atoms with Crippen LogP contribution < -0.4 is 5.32 Å². The van der Waals surface area contributed by atoms with Gasteiger partial charge in [-0.15, -0.1) is 5.10 Å². The maximum atomic E-state index is 4.50. The van der Waals surface area contributed by atoms with Gasteiger partial charge in [-0.1, -0.05) is 44.2 Å². The standard InChI is InChI=1S/C21H27N5/c1-3-26(4-2)14-8-13-23-21-19-11-6-5-10-18(19)20(24-25-21)15-17-9-7-12-22-16-17/h5-7,9-12,16H,3-4,8,13-15H2,1-2H3,(H,23,25). The topological polar surface area (TPSA) is 53.9 Å². The number of rotatable bonds is 9. The maximum Gasteiger partial charge on any atom is 0.156 e. The van der Waals surface area contributed by atoms with Crippen molar-refractivity contribution >= 4 is 16.6 Å². The number of hydrogen-bond donors (Lipinski definition) is 1. The van der Waals surface area contributed by atoms with Gasteiger partial charge in [0.2, 0.25) is 0 Å². The van der Waals surface area contributed by atoms with Crippen molar-refractivity contribution in [3.63, 3.8) is 0 Å². The zero-order chi connectivity index (χ0) is 18.2. The Kier molecular flexibility index (Phi) is 6.50. The van der Waals surface area contributed by atoms with Crippen LogP contribution in [-0.2, 0) is 6.42 Å². The van der Waals surface area contributed by atoms with Gasteiger partial charge in [0.15, 0.2) is 5.82 Å². The summed E-state index contributed by atoms with van der Waals surface area (Å²) in [5, 5.41) is 14.7. The molecule has 3 rings (SSSR count). The van der Waals surface area contributed by atoms with Crippen LogP contribution >= 0.6 is 0 Å². The van der Waals surface area contributed by atoms with Crippen molar-refractivity contribution in [2.45, 2.75) is 26.7 Å². The molecule has 0 unspecified atom stereocenters. The minimum atomic E-state index is 0.740. The molecule has 0 saturated carbocycles. The summed E-state index contributed by atoms with van der Waals surface area (Å²) in [7, 11) is 0. The summed E-state index contributed by atoms with van der Waals surface area (Å²) < 4.78 is 0. The Bertz CT molecular complexity index is 815. The predicted molar refractivity (Wildman–Crippen MR) is 107 cm³/mol. The van der Waals surface area contributed by atoms with E-state index in [4.69, 9.17) is 0 Å². The Hall–Kier alpha value is -2.53. The number of nitrogens with zero attached hydrogens (tertiary/aromatic N) is 4. The Balaban J connectivity index is 1.73. The van der Waals surface area contributed by atoms with Gasteiger partial charge >= 0.3 is 0 Å². The maximum absolute atomic E-state index is 4.50. The first-order valence-corrected chi connectivity index (χ1v) is 9.41. The van der Waals surface area contributed by atoms with Crippen molar-refractivity contribution in [1.29, 1.82) is 0 Å². The summed E-state index contributed by atoms with van der Waals surface area (Å²) in [6.07, 6.45) is 5.51. The summed E-state index contributed by atoms with van der Waals surface area (Å²) in [6, 6.07) is 12.4. The number of aromatic nitrogens is 3. The molecule has 136 valence electrons. The normalized spacial score (nSPS) is 11.2. The zero-order valence-electron chi connectivity index (χ0n) is 15.7. The quantitative estimate of drug-likeness (QED) is 0.596. The van der Waals surface area contributed by atoms with Gasteiger partial charge in [0.1, 0.15) is 0 Å². The number of hydrogen-bond acceptors (Lipinski definition) is 5. The van der Waals surface area contributed by atoms with Gasteiger partial charge in [0, 0.05) is 36.1 Å². The number of fused-ring (bicyclic) bond motifs is 1. The number of nitrogens with one attached hydrogen (secondary N) is 1. The van der Waals surface area contributed by atoms with E-state index in [2.05, 4.69) is 69.6 Å². The fraction of sp³-hybridized carbons (Fsp3) is 0.381. The molecule has 0 radical (unpaired) electrons. The van der Waals surface area contributed by atoms with Crippen molar-refractivity contribution in [2.75, 3.05) is 31.5 Å². The average Bonchev–Trinajstić information content (AvgIpc) is 2.70. The van der Waals surface area contributed by atoms with Gasteiger partial charge in [0.25, 0.3) is 0 Å². The molecule has 0 aliphatic rings. The van der Waals surface area contributed by atoms with Gasteiger partial charge in [-0.2, -0.15) is 5.10 Å². The summed E-state index contributed by atoms with van der Waals surface area (Å²) in [6.45, 7) is 8.61. The van der Waals surface area contributed by atoms with Gasteiger partial charge in [-0.3, -0.25) is 4.98 Å². The van der Waals surface area contributed by atoms with Gasteiger partial charge in [-0.25, -0.2) is 0 Å². The number of benzene rings is 1. The lowest BCUT2D eigenvalue weighted by atomic mass is 10.1. The van der Waals surface area contributed by atoms with Crippen LogP contribution in [0, 0.1) is 0 Å². The van der Waals surface area contributed by atoms with Crippen LogP contribution in [0.25, 0.3) is 10.8 Å². The molecule has 0 amide bonds. The smallest absolute Gasteiger partial charge is 0.156 e. The third-order valence-corrected chi connectivity index (χ3v) is 4.70. The fourth-order valence-electron chi connectivity index (χ4n) is 3.17. The second kappa shape index (κ2) is 9.25. The number of pyridine rings is 1. The molecule has 0 atom stereocenters. The Morgan fingerprint density at radius 3 is 2.50 bits per heavy atom. The molecule has 3 aromatic rings. The molecule has 0 spiro atoms. The van der Waals surface area contributed by atoms with E-state index in [9.17, 15) is 0 Å². The molecule has 5 heteroatoms. The molecule has 0 aliphatic carbocycles. The van der Waals surface area contributed by atoms with Crippen molar-refractivity contribution in [3.8, 4) is 0 Å². The minimum Gasteiger partial charge on any atom is -0.368 e. The van der Waals surface area contributed by atoms with Crippen LogP contribution in [-0.4, -0.2) is 46.3 Å². The first-order valence-electron chi connectivity index (χ1n) is 9.41. The van der Waals surface area contributed by atoms with Crippen LogP contribution in [0.2, 0.25) is 0 Å². The highest BCUT2D eigenvalue weighted by atomic mass is 15.2. The Morgan fingerprint density at radius 2 is 1.77 bits per heavy atom. The Labute approximate surface area is 155 Å². The first-order chi connectivity index (χ1) is 12.8. The van der Waals surface area contributed by atoms with E-state index < -0.39 is 0 Å². The lowest BCUT2D eigenvalue weighted by Crippen LogP contribution is -2.25. The lowest BCUT2D eigenvalue weighted by molar-refractivity contribution is 0.303. The molecule has 1 N–H and O–H groups in total. The van der Waals surface area contributed by atoms with E-state index >= 15 is 0 Å². The predicted octanol–water partition coefficient (Wildman–Crippen LogP) is 3.76. The fourth-order valence-corrected chi connectivity index (χ4v) is 3.17. The van der Waals surface area contributed by atoms with E-state index in [1.54, 1.807) is 6.20 Å². The van der Waals surface area contributed by atoms with Crippen LogP contribution in [0.5, 0.6) is 0 Å². The second-order valence-electron chi connectivity index (χ2n) is 6.39. The van der Waals surface area contributed by atoms with E-state index in [1.165, 1.54) is 0 Å². The highest BCUT2D eigenvalue weighted by molar-refractivity contribution is 5.93. The largest absolute Gasteiger partial charge is 0.368 e. The molecule has 0 aliphatic heterocycles. The third-order valence-electron chi connectivity index (χ3n) is 4.70. The van der Waals surface area contributed by atoms with E-state index in [0.717, 1.165) is 66.9 Å². The highest BCUT2D eigenvalue weighted by Crippen LogP contribution is 2.24. The van der Waals surface area contributed by atoms with Crippen molar-refractivity contribution in [3.05, 3.63) is 60.0 Å². The molecule has 26 heavy (non-hydrogen) atoms. The van der Waals surface area contributed by atoms with Crippen LogP contribution in [0.3, 0.4) is 0 Å². The molecular formula is C21H27N5. The molecule has 0 saturated heterocycles. The molecule has 5 nitrogen and oxygen atoms in total. The highest BCUT2D eigenvalue weighted by Gasteiger charge is 2.09. The molecule has 0 fully saturated rings. The van der Waals surface area contributed by atoms with Crippen molar-refractivity contribution in [2.24, 2.45) is 0 Å². The minimum absolute atomic E-state index is 0.740. The lowest BCUT2D eigenvalue weighted by Gasteiger charge is -2.18. The second-order valence-corrected chi connectivity index (χ2v) is 6.39. The monoisotopic (exact) mass is 349 g/mol. The SMILES string of the molecule is CCN(CC)CCCNc1nnc(Cc2cccnc2)c2ccccc12. The van der Waals surface area contributed by atoms with Crippen molar-refractivity contribution in [1.82, 2.24) is 20.1 Å². The molecule has 0 bridgehead atoms. The van der Waals surface area contributed by atoms with Crippen LogP contribution in [0.4, 0.5) is 5.82 Å². The molecular weight excluding hydrogens is 322 g/mol. The molecule has 2 aromatic heterocycles. The summed E-state index contributed by atoms with van der Waals surface area (Å²) in [5.41, 5.74) is 2.13. The zero-order valence-corrected chi connectivity index (χ0v) is 15.7. The summed E-state index contributed by atoms with van der Waals surface area (Å²) >= 11 is 0. The summed E-state index contributed by atoms with van der Waals surface area (Å²) in [5.74, 6) is 0.870. The van der Waals surface area contributed by atoms with Crippen molar-refractivity contribution < 1.29 is 0 Å². The van der Waals surface area contributed by atoms with Gasteiger partial charge in [0.05, 0.1) is 5.69 Å². The Morgan fingerprint density at radius 1 is 0.962 bits per heavy atom. The third kappa shape index (κ3) is 4.55. The first kappa shape index (κ1) is 18.3. The molecule has 1 aromatic carbocycles. The average molecular weight is 349 g/mol. The van der Waals surface area contributed by atoms with E-state index in [0.29, 0.717) is 0 Å². The van der Waals surface area contributed by atoms with Gasteiger partial charge < -0.3 is 10.2 Å². The number of anilines is 1. The van der Waals surface area contributed by atoms with Crippen LogP contribution in [0.1, 0.15) is 31.5 Å². The van der Waals surface area contributed by atoms with E-state index in [-0.39, 0.29) is 0 Å². The van der Waals surface area contributed by atoms with E-state index in [1.807, 2.05) is 12.3 Å². The summed E-state index contributed by atoms with van der Waals surface area (Å²) in [4.78, 5) is 6.63.